The summed E-state index contributed by atoms with van der Waals surface area (Å²) in [5.74, 6) is 0.441. The molecule has 2 unspecified atom stereocenters. The van der Waals surface area contributed by atoms with Crippen LogP contribution in [0, 0.1) is 0 Å². The summed E-state index contributed by atoms with van der Waals surface area (Å²) in [6.45, 7) is 1.09. The molecule has 15 heavy (non-hydrogen) atoms. The molecule has 2 amide bonds. The fraction of sp³-hybridized carbons (Fsp3) is 0.778. The maximum atomic E-state index is 11.9. The Kier molecular flexibility index (Phi) is 3.16. The van der Waals surface area contributed by atoms with E-state index in [0.717, 1.165) is 24.6 Å². The molecule has 2 aliphatic heterocycles. The molecule has 2 fully saturated rings. The quantitative estimate of drug-likeness (QED) is 0.654. The second-order valence-electron chi connectivity index (χ2n) is 3.88. The summed E-state index contributed by atoms with van der Waals surface area (Å²) in [6, 6.07) is -0.396. The molecule has 2 atom stereocenters. The number of hydrogen-bond acceptors (Lipinski definition) is 4. The SMILES string of the molecule is O=C1NC(C(=O)N2CCCC(O)C2)CS1. The number of amides is 2. The maximum Gasteiger partial charge on any atom is 0.279 e. The summed E-state index contributed by atoms with van der Waals surface area (Å²) in [4.78, 5) is 24.5. The summed E-state index contributed by atoms with van der Waals surface area (Å²) >= 11 is 1.14. The van der Waals surface area contributed by atoms with E-state index in [1.165, 1.54) is 0 Å². The van der Waals surface area contributed by atoms with Gasteiger partial charge in [-0.15, -0.1) is 0 Å². The predicted molar refractivity (Wildman–Crippen MR) is 56.6 cm³/mol. The molecule has 0 aromatic rings. The van der Waals surface area contributed by atoms with Gasteiger partial charge in [-0.3, -0.25) is 9.59 Å². The van der Waals surface area contributed by atoms with Crippen LogP contribution >= 0.6 is 11.8 Å². The molecule has 2 heterocycles. The minimum atomic E-state index is -0.410. The number of carbonyl (C=O) groups is 2. The minimum absolute atomic E-state index is 0.0629. The van der Waals surface area contributed by atoms with E-state index in [0.29, 0.717) is 18.8 Å². The molecule has 2 rings (SSSR count). The van der Waals surface area contributed by atoms with Crippen LogP contribution in [0.15, 0.2) is 0 Å². The highest BCUT2D eigenvalue weighted by molar-refractivity contribution is 8.14. The number of likely N-dealkylation sites (tertiary alicyclic amines) is 1. The second-order valence-corrected chi connectivity index (χ2v) is 4.87. The molecule has 0 aliphatic carbocycles. The number of piperidine rings is 1. The smallest absolute Gasteiger partial charge is 0.279 e. The van der Waals surface area contributed by atoms with Gasteiger partial charge >= 0.3 is 0 Å². The first-order valence-electron chi connectivity index (χ1n) is 5.07. The Morgan fingerprint density at radius 1 is 1.60 bits per heavy atom. The summed E-state index contributed by atoms with van der Waals surface area (Å²) in [6.07, 6.45) is 1.18. The van der Waals surface area contributed by atoms with Gasteiger partial charge in [0.2, 0.25) is 5.91 Å². The van der Waals surface area contributed by atoms with Crippen LogP contribution in [0.3, 0.4) is 0 Å². The molecule has 0 radical (unpaired) electrons. The largest absolute Gasteiger partial charge is 0.391 e. The lowest BCUT2D eigenvalue weighted by Crippen LogP contribution is -2.50. The highest BCUT2D eigenvalue weighted by atomic mass is 32.2. The van der Waals surface area contributed by atoms with Gasteiger partial charge in [0.1, 0.15) is 6.04 Å². The van der Waals surface area contributed by atoms with Gasteiger partial charge in [-0.1, -0.05) is 11.8 Å². The Labute approximate surface area is 92.2 Å². The normalized spacial score (nSPS) is 31.5. The average molecular weight is 230 g/mol. The highest BCUT2D eigenvalue weighted by Gasteiger charge is 2.33. The van der Waals surface area contributed by atoms with E-state index in [-0.39, 0.29) is 11.1 Å². The molecule has 6 heteroatoms. The first kappa shape index (κ1) is 10.8. The van der Waals surface area contributed by atoms with Gasteiger partial charge in [0.15, 0.2) is 0 Å². The van der Waals surface area contributed by atoms with Gasteiger partial charge in [0.25, 0.3) is 5.24 Å². The lowest BCUT2D eigenvalue weighted by molar-refractivity contribution is -0.135. The summed E-state index contributed by atoms with van der Waals surface area (Å²) in [7, 11) is 0. The fourth-order valence-electron chi connectivity index (χ4n) is 1.89. The first-order valence-corrected chi connectivity index (χ1v) is 6.05. The Morgan fingerprint density at radius 2 is 2.40 bits per heavy atom. The number of aliphatic hydroxyl groups excluding tert-OH is 1. The van der Waals surface area contributed by atoms with Crippen LogP contribution in [-0.2, 0) is 4.79 Å². The van der Waals surface area contributed by atoms with Gasteiger partial charge in [0.05, 0.1) is 6.10 Å². The minimum Gasteiger partial charge on any atom is -0.391 e. The van der Waals surface area contributed by atoms with E-state index in [2.05, 4.69) is 5.32 Å². The third-order valence-corrected chi connectivity index (χ3v) is 3.56. The predicted octanol–water partition coefficient (Wildman–Crippen LogP) is -0.205. The number of nitrogens with one attached hydrogen (secondary N) is 1. The zero-order valence-corrected chi connectivity index (χ0v) is 9.13. The third-order valence-electron chi connectivity index (χ3n) is 2.68. The molecule has 2 N–H and O–H groups in total. The van der Waals surface area contributed by atoms with Crippen molar-refractivity contribution < 1.29 is 14.7 Å². The maximum absolute atomic E-state index is 11.9. The van der Waals surface area contributed by atoms with Crippen LogP contribution in [-0.4, -0.2) is 52.1 Å². The fourth-order valence-corrected chi connectivity index (χ4v) is 2.66. The van der Waals surface area contributed by atoms with E-state index in [9.17, 15) is 14.7 Å². The molecule has 0 aromatic carbocycles. The van der Waals surface area contributed by atoms with Crippen molar-refractivity contribution in [2.24, 2.45) is 0 Å². The van der Waals surface area contributed by atoms with Crippen LogP contribution in [0.5, 0.6) is 0 Å². The van der Waals surface area contributed by atoms with Crippen molar-refractivity contribution in [1.82, 2.24) is 10.2 Å². The second kappa shape index (κ2) is 4.40. The Hall–Kier alpha value is -0.750. The lowest BCUT2D eigenvalue weighted by atomic mass is 10.1. The number of hydrogen-bond donors (Lipinski definition) is 2. The number of nitrogens with zero attached hydrogens (tertiary/aromatic N) is 1. The van der Waals surface area contributed by atoms with E-state index in [4.69, 9.17) is 0 Å². The van der Waals surface area contributed by atoms with Crippen molar-refractivity contribution in [3.8, 4) is 0 Å². The Morgan fingerprint density at radius 3 is 3.00 bits per heavy atom. The average Bonchev–Trinajstić information content (AvgIpc) is 2.64. The summed E-state index contributed by atoms with van der Waals surface area (Å²) < 4.78 is 0. The molecule has 0 spiro atoms. The Bertz CT molecular complexity index is 285. The van der Waals surface area contributed by atoms with E-state index < -0.39 is 12.1 Å². The van der Waals surface area contributed by atoms with Crippen molar-refractivity contribution in [3.63, 3.8) is 0 Å². The van der Waals surface area contributed by atoms with Crippen LogP contribution in [0.25, 0.3) is 0 Å². The van der Waals surface area contributed by atoms with Crippen LogP contribution in [0.1, 0.15) is 12.8 Å². The third kappa shape index (κ3) is 2.43. The van der Waals surface area contributed by atoms with Crippen LogP contribution < -0.4 is 5.32 Å². The molecule has 0 aromatic heterocycles. The monoisotopic (exact) mass is 230 g/mol. The number of rotatable bonds is 1. The van der Waals surface area contributed by atoms with Gasteiger partial charge in [-0.25, -0.2) is 0 Å². The van der Waals surface area contributed by atoms with Gasteiger partial charge in [-0.2, -0.15) is 0 Å². The molecule has 0 saturated carbocycles. The molecule has 2 saturated heterocycles. The lowest BCUT2D eigenvalue weighted by Gasteiger charge is -2.31. The van der Waals surface area contributed by atoms with E-state index in [1.54, 1.807) is 4.90 Å². The number of carbonyl (C=O) groups excluding carboxylic acids is 2. The van der Waals surface area contributed by atoms with E-state index >= 15 is 0 Å². The molecular weight excluding hydrogens is 216 g/mol. The van der Waals surface area contributed by atoms with Gasteiger partial charge in [0, 0.05) is 18.8 Å². The first-order chi connectivity index (χ1) is 7.16. The zero-order valence-electron chi connectivity index (χ0n) is 8.31. The van der Waals surface area contributed by atoms with Crippen molar-refractivity contribution in [2.45, 2.75) is 25.0 Å². The topological polar surface area (TPSA) is 69.6 Å². The zero-order chi connectivity index (χ0) is 10.8. The molecule has 2 aliphatic rings. The van der Waals surface area contributed by atoms with Gasteiger partial charge in [-0.05, 0) is 12.8 Å². The summed E-state index contributed by atoms with van der Waals surface area (Å²) in [5, 5.41) is 11.9. The number of aliphatic hydroxyl groups is 1. The van der Waals surface area contributed by atoms with Crippen molar-refractivity contribution >= 4 is 22.9 Å². The molecule has 0 bridgehead atoms. The summed E-state index contributed by atoms with van der Waals surface area (Å²) in [5.41, 5.74) is 0. The number of thioether (sulfide) groups is 1. The molecular formula is C9H14N2O3S. The van der Waals surface area contributed by atoms with Gasteiger partial charge < -0.3 is 15.3 Å². The highest BCUT2D eigenvalue weighted by Crippen LogP contribution is 2.17. The van der Waals surface area contributed by atoms with Crippen molar-refractivity contribution in [3.05, 3.63) is 0 Å². The van der Waals surface area contributed by atoms with Crippen molar-refractivity contribution in [1.29, 1.82) is 0 Å². The standard InChI is InChI=1S/C9H14N2O3S/c12-6-2-1-3-11(4-6)8(13)7-5-15-9(14)10-7/h6-7,12H,1-5H2,(H,10,14). The van der Waals surface area contributed by atoms with Crippen LogP contribution in [0.2, 0.25) is 0 Å². The molecule has 5 nitrogen and oxygen atoms in total. The molecule has 84 valence electrons. The van der Waals surface area contributed by atoms with Crippen LogP contribution in [0.4, 0.5) is 4.79 Å². The number of β-amino-alcohol motifs (C(OH)–C–C–N with tert-alkyl or cyclic N) is 1. The Balaban J connectivity index is 1.92. The van der Waals surface area contributed by atoms with Crippen molar-refractivity contribution in [2.75, 3.05) is 18.8 Å². The van der Waals surface area contributed by atoms with E-state index in [1.807, 2.05) is 0 Å².